The number of anilines is 2. The number of hydrogen-bond acceptors (Lipinski definition) is 6. The number of pyridine rings is 1. The van der Waals surface area contributed by atoms with Crippen LogP contribution in [0.3, 0.4) is 0 Å². The first-order valence-electron chi connectivity index (χ1n) is 9.04. The molecule has 1 saturated carbocycles. The molecule has 2 fully saturated rings. The number of nitrogens with one attached hydrogen (secondary N) is 1. The molecule has 0 amide bonds. The summed E-state index contributed by atoms with van der Waals surface area (Å²) in [6.07, 6.45) is 1.36. The topological polar surface area (TPSA) is 110 Å². The number of piperazine rings is 1. The van der Waals surface area contributed by atoms with Crippen molar-refractivity contribution >= 4 is 40.0 Å². The van der Waals surface area contributed by atoms with E-state index in [0.717, 1.165) is 12.8 Å². The summed E-state index contributed by atoms with van der Waals surface area (Å²) in [5.74, 6) is -1.20. The third-order valence-electron chi connectivity index (χ3n) is 5.15. The second kappa shape index (κ2) is 6.82. The number of carbonyl (C=O) groups is 1. The lowest BCUT2D eigenvalue weighted by atomic mass is 10.1. The monoisotopic (exact) mass is 410 g/mol. The Morgan fingerprint density at radius 1 is 1.46 bits per heavy atom. The van der Waals surface area contributed by atoms with Gasteiger partial charge in [-0.15, -0.1) is 0 Å². The number of nitrogens with zero attached hydrogens (tertiary/aromatic N) is 2. The van der Waals surface area contributed by atoms with Crippen LogP contribution in [0.1, 0.15) is 25.8 Å². The molecule has 1 unspecified atom stereocenters. The first-order valence-corrected chi connectivity index (χ1v) is 9.41. The quantitative estimate of drug-likeness (QED) is 0.527. The van der Waals surface area contributed by atoms with Gasteiger partial charge in [0, 0.05) is 31.7 Å². The van der Waals surface area contributed by atoms with Crippen molar-refractivity contribution in [2.24, 2.45) is 0 Å². The van der Waals surface area contributed by atoms with Gasteiger partial charge in [0.05, 0.1) is 33.5 Å². The van der Waals surface area contributed by atoms with Crippen LogP contribution in [0.15, 0.2) is 11.0 Å². The number of carboxylic acid groups (broad SMARTS) is 1. The Morgan fingerprint density at radius 2 is 2.18 bits per heavy atom. The number of ether oxygens (including phenoxy) is 1. The Morgan fingerprint density at radius 3 is 2.79 bits per heavy atom. The summed E-state index contributed by atoms with van der Waals surface area (Å²) >= 11 is 6.63. The predicted octanol–water partition coefficient (Wildman–Crippen LogP) is 2.57. The summed E-state index contributed by atoms with van der Waals surface area (Å²) in [7, 11) is 0. The van der Waals surface area contributed by atoms with Gasteiger partial charge in [-0.1, -0.05) is 11.6 Å². The highest BCUT2D eigenvalue weighted by Crippen LogP contribution is 2.45. The van der Waals surface area contributed by atoms with Crippen LogP contribution in [0, 0.1) is 5.82 Å². The normalized spacial score (nSPS) is 19.8. The van der Waals surface area contributed by atoms with Crippen LogP contribution < -0.4 is 26.1 Å². The second-order valence-corrected chi connectivity index (χ2v) is 7.62. The van der Waals surface area contributed by atoms with Gasteiger partial charge in [-0.3, -0.25) is 4.79 Å². The number of nitrogen functional groups attached to an aromatic ring is 1. The Hall–Kier alpha value is -2.52. The summed E-state index contributed by atoms with van der Waals surface area (Å²) < 4.78 is 21.5. The smallest absolute Gasteiger partial charge is 0.449 e. The summed E-state index contributed by atoms with van der Waals surface area (Å²) in [6.45, 7) is 3.73. The minimum absolute atomic E-state index is 0.0244. The number of fused-ring (bicyclic) bond motifs is 1. The molecule has 0 bridgehead atoms. The molecule has 4 rings (SSSR count). The van der Waals surface area contributed by atoms with Gasteiger partial charge in [0.2, 0.25) is 5.43 Å². The molecule has 1 aromatic heterocycles. The van der Waals surface area contributed by atoms with Crippen molar-refractivity contribution in [3.05, 3.63) is 27.3 Å². The molecule has 1 aliphatic carbocycles. The van der Waals surface area contributed by atoms with E-state index in [1.54, 1.807) is 4.57 Å². The summed E-state index contributed by atoms with van der Waals surface area (Å²) in [4.78, 5) is 25.6. The van der Waals surface area contributed by atoms with Crippen molar-refractivity contribution in [2.45, 2.75) is 31.8 Å². The van der Waals surface area contributed by atoms with Crippen molar-refractivity contribution in [1.29, 1.82) is 0 Å². The summed E-state index contributed by atoms with van der Waals surface area (Å²) in [5, 5.41) is 12.1. The fourth-order valence-electron chi connectivity index (χ4n) is 3.75. The van der Waals surface area contributed by atoms with Gasteiger partial charge in [0.15, 0.2) is 11.6 Å². The molecule has 1 aliphatic heterocycles. The van der Waals surface area contributed by atoms with E-state index in [4.69, 9.17) is 22.4 Å². The molecule has 1 saturated heterocycles. The lowest BCUT2D eigenvalue weighted by Gasteiger charge is -2.35. The highest BCUT2D eigenvalue weighted by molar-refractivity contribution is 6.38. The number of halogens is 2. The molecule has 4 N–H and O–H groups in total. The van der Waals surface area contributed by atoms with Crippen LogP contribution in [-0.4, -0.2) is 41.5 Å². The minimum Gasteiger partial charge on any atom is -0.449 e. The van der Waals surface area contributed by atoms with E-state index in [2.05, 4.69) is 10.1 Å². The zero-order chi connectivity index (χ0) is 20.2. The second-order valence-electron chi connectivity index (χ2n) is 7.24. The third-order valence-corrected chi connectivity index (χ3v) is 5.51. The zero-order valence-corrected chi connectivity index (χ0v) is 15.9. The van der Waals surface area contributed by atoms with Gasteiger partial charge in [-0.2, -0.15) is 0 Å². The van der Waals surface area contributed by atoms with Crippen LogP contribution in [-0.2, 0) is 0 Å². The van der Waals surface area contributed by atoms with Crippen LogP contribution >= 0.6 is 11.6 Å². The van der Waals surface area contributed by atoms with Gasteiger partial charge in [-0.25, -0.2) is 9.18 Å². The average Bonchev–Trinajstić information content (AvgIpc) is 3.46. The predicted molar refractivity (Wildman–Crippen MR) is 104 cm³/mol. The molecule has 1 atom stereocenters. The highest BCUT2D eigenvalue weighted by Gasteiger charge is 2.32. The van der Waals surface area contributed by atoms with E-state index >= 15 is 4.39 Å². The maximum Gasteiger partial charge on any atom is 0.511 e. The molecule has 2 aromatic rings. The minimum atomic E-state index is -1.63. The molecule has 28 heavy (non-hydrogen) atoms. The van der Waals surface area contributed by atoms with Gasteiger partial charge >= 0.3 is 6.16 Å². The van der Waals surface area contributed by atoms with Crippen molar-refractivity contribution in [1.82, 2.24) is 9.88 Å². The van der Waals surface area contributed by atoms with Crippen molar-refractivity contribution in [3.8, 4) is 5.75 Å². The lowest BCUT2D eigenvalue weighted by Crippen LogP contribution is -2.49. The van der Waals surface area contributed by atoms with Crippen molar-refractivity contribution in [2.75, 3.05) is 30.3 Å². The highest BCUT2D eigenvalue weighted by atomic mass is 35.5. The molecule has 2 heterocycles. The first-order chi connectivity index (χ1) is 13.3. The molecule has 2 aliphatic rings. The van der Waals surface area contributed by atoms with E-state index in [1.807, 2.05) is 11.8 Å². The Kier molecular flexibility index (Phi) is 4.59. The van der Waals surface area contributed by atoms with E-state index < -0.39 is 23.2 Å². The number of hydrogen-bond donors (Lipinski definition) is 3. The fourth-order valence-corrected chi connectivity index (χ4v) is 4.14. The standard InChI is InChI=1S/C18H20ClFN4O4/c1-8-6-23(5-4-22-8)16-12(19)15-11(14(21)13(16)20)17(25)10(28-18(26)27)7-24(15)9-2-3-9/h7-9,22H,2-6,21H2,1H3,(H,26,27). The Balaban J connectivity index is 2.02. The number of aromatic nitrogens is 1. The van der Waals surface area contributed by atoms with E-state index in [9.17, 15) is 9.59 Å². The molecule has 8 nitrogen and oxygen atoms in total. The fraction of sp³-hybridized carbons (Fsp3) is 0.444. The summed E-state index contributed by atoms with van der Waals surface area (Å²) in [5.41, 5.74) is 5.36. The molecule has 150 valence electrons. The molecule has 1 aromatic carbocycles. The van der Waals surface area contributed by atoms with E-state index in [0.29, 0.717) is 25.2 Å². The van der Waals surface area contributed by atoms with E-state index in [-0.39, 0.29) is 33.9 Å². The molecule has 0 spiro atoms. The van der Waals surface area contributed by atoms with Gasteiger partial charge in [0.1, 0.15) is 0 Å². The largest absolute Gasteiger partial charge is 0.511 e. The number of nitrogens with two attached hydrogens (primary N) is 1. The van der Waals surface area contributed by atoms with Crippen LogP contribution in [0.25, 0.3) is 10.9 Å². The lowest BCUT2D eigenvalue weighted by molar-refractivity contribution is 0.143. The van der Waals surface area contributed by atoms with Gasteiger partial charge in [-0.05, 0) is 19.8 Å². The van der Waals surface area contributed by atoms with Gasteiger partial charge in [0.25, 0.3) is 0 Å². The summed E-state index contributed by atoms with van der Waals surface area (Å²) in [6, 6.07) is 0.162. The van der Waals surface area contributed by atoms with Crippen LogP contribution in [0.4, 0.5) is 20.6 Å². The first kappa shape index (κ1) is 18.8. The van der Waals surface area contributed by atoms with Crippen LogP contribution in [0.5, 0.6) is 5.75 Å². The SMILES string of the molecule is CC1CN(c2c(F)c(N)c3c(=O)c(OC(=O)O)cn(C4CC4)c3c2Cl)CCN1. The maximum atomic E-state index is 15.2. The van der Waals surface area contributed by atoms with Gasteiger partial charge < -0.3 is 30.4 Å². The third kappa shape index (κ3) is 3.04. The number of benzene rings is 1. The molecule has 10 heteroatoms. The molecular formula is C18H20ClFN4O4. The maximum absolute atomic E-state index is 15.2. The Bertz CT molecular complexity index is 1040. The molecule has 0 radical (unpaired) electrons. The van der Waals surface area contributed by atoms with Crippen LogP contribution in [0.2, 0.25) is 5.02 Å². The molecular weight excluding hydrogens is 391 g/mol. The van der Waals surface area contributed by atoms with Crippen molar-refractivity contribution < 1.29 is 19.0 Å². The van der Waals surface area contributed by atoms with Crippen molar-refractivity contribution in [3.63, 3.8) is 0 Å². The van der Waals surface area contributed by atoms with E-state index in [1.165, 1.54) is 6.20 Å². The Labute approximate surface area is 164 Å². The number of rotatable bonds is 3. The zero-order valence-electron chi connectivity index (χ0n) is 15.2. The average molecular weight is 411 g/mol.